The van der Waals surface area contributed by atoms with Crippen LogP contribution < -0.4 is 4.74 Å². The molecule has 0 aliphatic carbocycles. The Bertz CT molecular complexity index is 858. The minimum Gasteiger partial charge on any atom is -0.497 e. The van der Waals surface area contributed by atoms with Crippen molar-refractivity contribution in [2.45, 2.75) is 32.1 Å². The van der Waals surface area contributed by atoms with E-state index in [2.05, 4.69) is 41.8 Å². The minimum absolute atomic E-state index is 0.0962. The number of likely N-dealkylation sites (tertiary alicyclic amines) is 1. The summed E-state index contributed by atoms with van der Waals surface area (Å²) in [7, 11) is 1.71. The van der Waals surface area contributed by atoms with Gasteiger partial charge in [0, 0.05) is 37.2 Å². The summed E-state index contributed by atoms with van der Waals surface area (Å²) < 4.78 is 5.52. The summed E-state index contributed by atoms with van der Waals surface area (Å²) in [6.45, 7) is 12.3. The molecule has 0 radical (unpaired) electrons. The van der Waals surface area contributed by atoms with Gasteiger partial charge in [-0.1, -0.05) is 30.3 Å². The van der Waals surface area contributed by atoms with E-state index < -0.39 is 0 Å². The van der Waals surface area contributed by atoms with Crippen molar-refractivity contribution in [3.8, 4) is 5.75 Å². The molecule has 1 saturated heterocycles. The van der Waals surface area contributed by atoms with Gasteiger partial charge in [-0.2, -0.15) is 0 Å². The van der Waals surface area contributed by atoms with Crippen LogP contribution in [-0.4, -0.2) is 55.5 Å². The molecule has 160 valence electrons. The molecule has 1 amide bonds. The lowest BCUT2D eigenvalue weighted by molar-refractivity contribution is 0.0773. The topological polar surface area (TPSA) is 32.8 Å². The van der Waals surface area contributed by atoms with Gasteiger partial charge in [-0.05, 0) is 68.6 Å². The van der Waals surface area contributed by atoms with Gasteiger partial charge in [-0.15, -0.1) is 6.58 Å². The summed E-state index contributed by atoms with van der Waals surface area (Å²) in [4.78, 5) is 17.1. The van der Waals surface area contributed by atoms with Gasteiger partial charge in [0.15, 0.2) is 0 Å². The van der Waals surface area contributed by atoms with Crippen molar-refractivity contribution in [3.05, 3.63) is 77.9 Å². The lowest BCUT2D eigenvalue weighted by Gasteiger charge is -2.44. The van der Waals surface area contributed by atoms with Gasteiger partial charge in [0.2, 0.25) is 0 Å². The molecule has 30 heavy (non-hydrogen) atoms. The van der Waals surface area contributed by atoms with E-state index in [1.165, 1.54) is 11.1 Å². The van der Waals surface area contributed by atoms with Crippen LogP contribution in [0.15, 0.2) is 61.2 Å². The van der Waals surface area contributed by atoms with Crippen molar-refractivity contribution < 1.29 is 9.53 Å². The number of carbonyl (C=O) groups excluding carboxylic acids is 1. The Hall–Kier alpha value is -2.59. The molecule has 1 fully saturated rings. The van der Waals surface area contributed by atoms with Gasteiger partial charge in [-0.25, -0.2) is 0 Å². The minimum atomic E-state index is -0.132. The molecule has 1 aliphatic rings. The zero-order valence-electron chi connectivity index (χ0n) is 18.6. The van der Waals surface area contributed by atoms with Crippen LogP contribution in [0.3, 0.4) is 0 Å². The van der Waals surface area contributed by atoms with Crippen LogP contribution in [0.4, 0.5) is 0 Å². The average molecular weight is 407 g/mol. The SMILES string of the molecule is C=CCN1CCCC(c2ccc(C(=O)N(CC)CC)cc2)(c2cccc(OC)c2)C1. The van der Waals surface area contributed by atoms with Crippen LogP contribution in [0.5, 0.6) is 5.75 Å². The molecule has 3 rings (SSSR count). The van der Waals surface area contributed by atoms with Crippen molar-refractivity contribution in [3.63, 3.8) is 0 Å². The number of ether oxygens (including phenoxy) is 1. The maximum Gasteiger partial charge on any atom is 0.253 e. The summed E-state index contributed by atoms with van der Waals surface area (Å²) >= 11 is 0. The lowest BCUT2D eigenvalue weighted by Crippen LogP contribution is -2.46. The number of piperidine rings is 1. The summed E-state index contributed by atoms with van der Waals surface area (Å²) in [6.07, 6.45) is 4.16. The Morgan fingerprint density at radius 1 is 1.17 bits per heavy atom. The molecule has 0 N–H and O–H groups in total. The van der Waals surface area contributed by atoms with Gasteiger partial charge in [0.1, 0.15) is 5.75 Å². The second-order valence-corrected chi connectivity index (χ2v) is 8.00. The molecule has 1 atom stereocenters. The summed E-state index contributed by atoms with van der Waals surface area (Å²) in [6, 6.07) is 16.7. The Balaban J connectivity index is 2.02. The zero-order chi connectivity index (χ0) is 21.6. The highest BCUT2D eigenvalue weighted by atomic mass is 16.5. The van der Waals surface area contributed by atoms with Gasteiger partial charge in [0.05, 0.1) is 7.11 Å². The molecular weight excluding hydrogens is 372 g/mol. The molecule has 0 spiro atoms. The van der Waals surface area contributed by atoms with Crippen molar-refractivity contribution in [2.24, 2.45) is 0 Å². The fourth-order valence-corrected chi connectivity index (χ4v) is 4.67. The summed E-state index contributed by atoms with van der Waals surface area (Å²) in [5.74, 6) is 0.972. The van der Waals surface area contributed by atoms with Gasteiger partial charge in [0.25, 0.3) is 5.91 Å². The van der Waals surface area contributed by atoms with Crippen LogP contribution in [0.25, 0.3) is 0 Å². The number of hydrogen-bond donors (Lipinski definition) is 0. The van der Waals surface area contributed by atoms with Gasteiger partial charge < -0.3 is 9.64 Å². The summed E-state index contributed by atoms with van der Waals surface area (Å²) in [5.41, 5.74) is 3.13. The van der Waals surface area contributed by atoms with Crippen molar-refractivity contribution >= 4 is 5.91 Å². The number of rotatable bonds is 8. The maximum atomic E-state index is 12.8. The second-order valence-electron chi connectivity index (χ2n) is 8.00. The molecule has 0 saturated carbocycles. The Kier molecular flexibility index (Phi) is 7.33. The van der Waals surface area contributed by atoms with E-state index in [4.69, 9.17) is 4.74 Å². The van der Waals surface area contributed by atoms with Crippen LogP contribution in [0, 0.1) is 0 Å². The third-order valence-electron chi connectivity index (χ3n) is 6.32. The smallest absolute Gasteiger partial charge is 0.253 e. The first kappa shape index (κ1) is 22.1. The first-order valence-corrected chi connectivity index (χ1v) is 11.0. The highest BCUT2D eigenvalue weighted by molar-refractivity contribution is 5.94. The molecular formula is C26H34N2O2. The third kappa shape index (κ3) is 4.44. The third-order valence-corrected chi connectivity index (χ3v) is 6.32. The zero-order valence-corrected chi connectivity index (χ0v) is 18.6. The average Bonchev–Trinajstić information content (AvgIpc) is 2.80. The van der Waals surface area contributed by atoms with E-state index in [9.17, 15) is 4.79 Å². The fourth-order valence-electron chi connectivity index (χ4n) is 4.67. The molecule has 2 aromatic rings. The largest absolute Gasteiger partial charge is 0.497 e. The van der Waals surface area contributed by atoms with Crippen molar-refractivity contribution in [2.75, 3.05) is 39.8 Å². The van der Waals surface area contributed by atoms with Crippen LogP contribution in [0.2, 0.25) is 0 Å². The molecule has 1 unspecified atom stereocenters. The molecule has 1 heterocycles. The molecule has 4 heteroatoms. The number of hydrogen-bond acceptors (Lipinski definition) is 3. The first-order chi connectivity index (χ1) is 14.6. The van der Waals surface area contributed by atoms with E-state index >= 15 is 0 Å². The number of carbonyl (C=O) groups is 1. The monoisotopic (exact) mass is 406 g/mol. The van der Waals surface area contributed by atoms with E-state index in [1.807, 2.05) is 43.0 Å². The van der Waals surface area contributed by atoms with E-state index in [1.54, 1.807) is 7.11 Å². The molecule has 4 nitrogen and oxygen atoms in total. The number of nitrogens with zero attached hydrogens (tertiary/aromatic N) is 2. The maximum absolute atomic E-state index is 12.8. The highest BCUT2D eigenvalue weighted by Gasteiger charge is 2.38. The molecule has 2 aromatic carbocycles. The van der Waals surface area contributed by atoms with Gasteiger partial charge >= 0.3 is 0 Å². The number of benzene rings is 2. The summed E-state index contributed by atoms with van der Waals surface area (Å²) in [5, 5.41) is 0. The standard InChI is InChI=1S/C26H34N2O2/c1-5-17-27-18-9-16-26(20-27,23-10-8-11-24(19-23)30-4)22-14-12-21(13-15-22)25(29)28(6-2)7-3/h5,8,10-15,19H,1,6-7,9,16-18,20H2,2-4H3. The Morgan fingerprint density at radius 2 is 1.90 bits per heavy atom. The van der Waals surface area contributed by atoms with Crippen LogP contribution in [-0.2, 0) is 5.41 Å². The molecule has 0 aromatic heterocycles. The van der Waals surface area contributed by atoms with Gasteiger partial charge in [-0.3, -0.25) is 9.69 Å². The van der Waals surface area contributed by atoms with Crippen LogP contribution in [0.1, 0.15) is 48.2 Å². The Labute approximate surface area is 181 Å². The predicted octanol–water partition coefficient (Wildman–Crippen LogP) is 4.75. The highest BCUT2D eigenvalue weighted by Crippen LogP contribution is 2.41. The molecule has 0 bridgehead atoms. The van der Waals surface area contributed by atoms with E-state index in [0.29, 0.717) is 0 Å². The quantitative estimate of drug-likeness (QED) is 0.594. The van der Waals surface area contributed by atoms with Crippen molar-refractivity contribution in [1.82, 2.24) is 9.80 Å². The van der Waals surface area contributed by atoms with Crippen LogP contribution >= 0.6 is 0 Å². The molecule has 1 aliphatic heterocycles. The number of methoxy groups -OCH3 is 1. The predicted molar refractivity (Wildman–Crippen MR) is 123 cm³/mol. The first-order valence-electron chi connectivity index (χ1n) is 11.0. The van der Waals surface area contributed by atoms with E-state index in [-0.39, 0.29) is 11.3 Å². The fraction of sp³-hybridized carbons (Fsp3) is 0.423. The van der Waals surface area contributed by atoms with E-state index in [0.717, 1.165) is 56.9 Å². The second kappa shape index (κ2) is 9.94. The Morgan fingerprint density at radius 3 is 2.53 bits per heavy atom. The van der Waals surface area contributed by atoms with Crippen molar-refractivity contribution in [1.29, 1.82) is 0 Å². The number of amides is 1. The normalized spacial score (nSPS) is 19.3. The lowest BCUT2D eigenvalue weighted by atomic mass is 9.69.